The van der Waals surface area contributed by atoms with Gasteiger partial charge in [0.25, 0.3) is 0 Å². The number of rotatable bonds is 3. The van der Waals surface area contributed by atoms with Gasteiger partial charge in [-0.15, -0.1) is 0 Å². The van der Waals surface area contributed by atoms with Crippen LogP contribution in [0.25, 0.3) is 0 Å². The van der Waals surface area contributed by atoms with Crippen LogP contribution in [0.15, 0.2) is 39.3 Å². The van der Waals surface area contributed by atoms with Crippen LogP contribution in [0.2, 0.25) is 0 Å². The first-order valence-electron chi connectivity index (χ1n) is 5.67. The van der Waals surface area contributed by atoms with Crippen LogP contribution < -0.4 is 10.5 Å². The Bertz CT molecular complexity index is 651. The summed E-state index contributed by atoms with van der Waals surface area (Å²) in [6.07, 6.45) is 0. The largest absolute Gasteiger partial charge is 0.496 e. The molecule has 20 heavy (non-hydrogen) atoms. The van der Waals surface area contributed by atoms with Crippen LogP contribution in [-0.4, -0.2) is 7.11 Å². The second-order valence-electron chi connectivity index (χ2n) is 4.15. The van der Waals surface area contributed by atoms with E-state index in [1.165, 1.54) is 13.2 Å². The highest BCUT2D eigenvalue weighted by Crippen LogP contribution is 2.35. The molecule has 6 heteroatoms. The highest BCUT2D eigenvalue weighted by Gasteiger charge is 2.19. The Labute approximate surface area is 147 Å². The molecular formula is C14H11Br2FINO. The van der Waals surface area contributed by atoms with Gasteiger partial charge in [-0.05, 0) is 68.3 Å². The molecule has 0 spiro atoms. The van der Waals surface area contributed by atoms with E-state index in [4.69, 9.17) is 10.5 Å². The number of hydrogen-bond acceptors (Lipinski definition) is 2. The molecule has 2 aromatic carbocycles. The van der Waals surface area contributed by atoms with Crippen LogP contribution in [-0.2, 0) is 0 Å². The highest BCUT2D eigenvalue weighted by molar-refractivity contribution is 14.1. The second-order valence-corrected chi connectivity index (χ2v) is 7.11. The quantitative estimate of drug-likeness (QED) is 0.584. The highest BCUT2D eigenvalue weighted by atomic mass is 127. The maximum atomic E-state index is 13.6. The van der Waals surface area contributed by atoms with Gasteiger partial charge in [0.15, 0.2) is 0 Å². The molecule has 1 unspecified atom stereocenters. The molecule has 2 rings (SSSR count). The molecule has 2 aromatic rings. The first-order chi connectivity index (χ1) is 9.43. The van der Waals surface area contributed by atoms with Crippen molar-refractivity contribution in [2.45, 2.75) is 6.04 Å². The van der Waals surface area contributed by atoms with Crippen molar-refractivity contribution in [1.29, 1.82) is 0 Å². The zero-order chi connectivity index (χ0) is 14.9. The first kappa shape index (κ1) is 16.2. The average Bonchev–Trinajstić information content (AvgIpc) is 2.43. The maximum absolute atomic E-state index is 13.6. The average molecular weight is 515 g/mol. The number of benzene rings is 2. The molecule has 2 nitrogen and oxygen atoms in total. The predicted octanol–water partition coefficient (Wildman–Crippen LogP) is 5.01. The molecule has 0 heterocycles. The lowest BCUT2D eigenvalue weighted by Gasteiger charge is -2.18. The second kappa shape index (κ2) is 6.72. The van der Waals surface area contributed by atoms with Crippen molar-refractivity contribution in [3.63, 3.8) is 0 Å². The van der Waals surface area contributed by atoms with Crippen molar-refractivity contribution >= 4 is 54.5 Å². The third-order valence-corrected chi connectivity index (χ3v) is 4.90. The summed E-state index contributed by atoms with van der Waals surface area (Å²) < 4.78 is 21.2. The molecule has 0 radical (unpaired) electrons. The van der Waals surface area contributed by atoms with Crippen molar-refractivity contribution in [2.24, 2.45) is 5.73 Å². The van der Waals surface area contributed by atoms with Gasteiger partial charge in [0.05, 0.1) is 17.6 Å². The Kier molecular flexibility index (Phi) is 5.44. The maximum Gasteiger partial charge on any atom is 0.141 e. The molecule has 0 amide bonds. The normalized spacial score (nSPS) is 12.3. The van der Waals surface area contributed by atoms with Gasteiger partial charge in [-0.25, -0.2) is 4.39 Å². The number of halogens is 4. The summed E-state index contributed by atoms with van der Waals surface area (Å²) in [5, 5.41) is 0. The van der Waals surface area contributed by atoms with Crippen LogP contribution in [0.3, 0.4) is 0 Å². The molecule has 0 bridgehead atoms. The predicted molar refractivity (Wildman–Crippen MR) is 93.5 cm³/mol. The van der Waals surface area contributed by atoms with Crippen molar-refractivity contribution in [2.75, 3.05) is 7.11 Å². The van der Waals surface area contributed by atoms with Gasteiger partial charge >= 0.3 is 0 Å². The monoisotopic (exact) mass is 513 g/mol. The number of hydrogen-bond donors (Lipinski definition) is 1. The number of methoxy groups -OCH3 is 1. The van der Waals surface area contributed by atoms with Gasteiger partial charge in [-0.3, -0.25) is 0 Å². The molecule has 0 aliphatic rings. The van der Waals surface area contributed by atoms with Gasteiger partial charge in [0.1, 0.15) is 11.6 Å². The van der Waals surface area contributed by atoms with Crippen LogP contribution >= 0.6 is 54.5 Å². The Balaban J connectivity index is 2.55. The fourth-order valence-corrected chi connectivity index (χ4v) is 3.25. The third kappa shape index (κ3) is 3.35. The molecule has 0 aromatic heterocycles. The summed E-state index contributed by atoms with van der Waals surface area (Å²) >= 11 is 8.91. The van der Waals surface area contributed by atoms with E-state index < -0.39 is 6.04 Å². The van der Waals surface area contributed by atoms with Crippen LogP contribution in [0, 0.1) is 9.39 Å². The topological polar surface area (TPSA) is 35.2 Å². The molecule has 2 N–H and O–H groups in total. The summed E-state index contributed by atoms with van der Waals surface area (Å²) in [6.45, 7) is 0. The molecule has 0 aliphatic heterocycles. The van der Waals surface area contributed by atoms with Crippen LogP contribution in [0.4, 0.5) is 4.39 Å². The van der Waals surface area contributed by atoms with E-state index in [1.54, 1.807) is 6.07 Å². The molecule has 0 saturated carbocycles. The Hall–Kier alpha value is -0.180. The van der Waals surface area contributed by atoms with Gasteiger partial charge in [0.2, 0.25) is 0 Å². The SMILES string of the molecule is COc1cc(F)c(Br)cc1C(N)c1cc(I)ccc1Br. The van der Waals surface area contributed by atoms with E-state index in [2.05, 4.69) is 54.5 Å². The lowest BCUT2D eigenvalue weighted by atomic mass is 9.99. The van der Waals surface area contributed by atoms with Crippen LogP contribution in [0.5, 0.6) is 5.75 Å². The smallest absolute Gasteiger partial charge is 0.141 e. The fraction of sp³-hybridized carbons (Fsp3) is 0.143. The van der Waals surface area contributed by atoms with Gasteiger partial charge in [0, 0.05) is 19.7 Å². The van der Waals surface area contributed by atoms with Crippen LogP contribution in [0.1, 0.15) is 17.2 Å². The van der Waals surface area contributed by atoms with E-state index in [0.717, 1.165) is 19.2 Å². The summed E-state index contributed by atoms with van der Waals surface area (Å²) in [7, 11) is 1.50. The molecular weight excluding hydrogens is 504 g/mol. The molecule has 0 saturated heterocycles. The number of nitrogens with two attached hydrogens (primary N) is 1. The van der Waals surface area contributed by atoms with E-state index in [9.17, 15) is 4.39 Å². The Morgan fingerprint density at radius 1 is 1.15 bits per heavy atom. The minimum absolute atomic E-state index is 0.366. The summed E-state index contributed by atoms with van der Waals surface area (Å²) in [6, 6.07) is 8.50. The van der Waals surface area contributed by atoms with Crippen molar-refractivity contribution in [3.05, 3.63) is 59.8 Å². The summed E-state index contributed by atoms with van der Waals surface area (Å²) in [5.41, 5.74) is 7.97. The zero-order valence-electron chi connectivity index (χ0n) is 10.5. The van der Waals surface area contributed by atoms with E-state index in [1.807, 2.05) is 18.2 Å². The molecule has 0 fully saturated rings. The van der Waals surface area contributed by atoms with E-state index in [-0.39, 0.29) is 5.82 Å². The van der Waals surface area contributed by atoms with Gasteiger partial charge in [-0.1, -0.05) is 15.9 Å². The minimum Gasteiger partial charge on any atom is -0.496 e. The fourth-order valence-electron chi connectivity index (χ4n) is 1.88. The van der Waals surface area contributed by atoms with Crippen molar-refractivity contribution < 1.29 is 9.13 Å². The summed E-state index contributed by atoms with van der Waals surface area (Å²) in [4.78, 5) is 0. The van der Waals surface area contributed by atoms with Crippen molar-refractivity contribution in [3.8, 4) is 5.75 Å². The third-order valence-electron chi connectivity index (χ3n) is 2.90. The lowest BCUT2D eigenvalue weighted by molar-refractivity contribution is 0.404. The van der Waals surface area contributed by atoms with Gasteiger partial charge < -0.3 is 10.5 Å². The Morgan fingerprint density at radius 2 is 1.85 bits per heavy atom. The molecule has 106 valence electrons. The lowest BCUT2D eigenvalue weighted by Crippen LogP contribution is -2.14. The minimum atomic E-state index is -0.411. The van der Waals surface area contributed by atoms with Gasteiger partial charge in [-0.2, -0.15) is 0 Å². The molecule has 0 aliphatic carbocycles. The molecule has 1 atom stereocenters. The standard InChI is InChI=1S/C14H11Br2FINO/c1-20-13-6-12(17)11(16)5-9(13)14(19)8-4-7(18)2-3-10(8)15/h2-6,14H,19H2,1H3. The van der Waals surface area contributed by atoms with Crippen molar-refractivity contribution in [1.82, 2.24) is 0 Å². The first-order valence-corrected chi connectivity index (χ1v) is 8.34. The summed E-state index contributed by atoms with van der Waals surface area (Å²) in [5.74, 6) is 0.0588. The van der Waals surface area contributed by atoms with E-state index in [0.29, 0.717) is 10.2 Å². The van der Waals surface area contributed by atoms with E-state index >= 15 is 0 Å². The number of ether oxygens (including phenoxy) is 1. The Morgan fingerprint density at radius 3 is 2.50 bits per heavy atom. The zero-order valence-corrected chi connectivity index (χ0v) is 15.8.